The summed E-state index contributed by atoms with van der Waals surface area (Å²) in [5.41, 5.74) is 1.31. The molecule has 114 valence electrons. The van der Waals surface area contributed by atoms with Crippen molar-refractivity contribution < 1.29 is 13.2 Å². The first-order chi connectivity index (χ1) is 9.73. The van der Waals surface area contributed by atoms with Gasteiger partial charge in [0.25, 0.3) is 0 Å². The van der Waals surface area contributed by atoms with E-state index in [0.717, 1.165) is 5.56 Å². The molecule has 0 heterocycles. The SMILES string of the molecule is CC(C)CS(=O)(=O)CC(=O)N(C)Cc1cccc(C#N)c1. The zero-order valence-corrected chi connectivity index (χ0v) is 13.4. The van der Waals surface area contributed by atoms with Crippen LogP contribution < -0.4 is 0 Å². The summed E-state index contributed by atoms with van der Waals surface area (Å²) in [4.78, 5) is 13.4. The van der Waals surface area contributed by atoms with E-state index in [0.29, 0.717) is 5.56 Å². The second kappa shape index (κ2) is 7.23. The van der Waals surface area contributed by atoms with E-state index in [1.54, 1.807) is 45.2 Å². The molecule has 0 fully saturated rings. The number of rotatable bonds is 6. The number of amides is 1. The van der Waals surface area contributed by atoms with E-state index in [2.05, 4.69) is 0 Å². The molecule has 21 heavy (non-hydrogen) atoms. The maximum atomic E-state index is 12.0. The van der Waals surface area contributed by atoms with Gasteiger partial charge in [0.05, 0.1) is 17.4 Å². The van der Waals surface area contributed by atoms with Crippen LogP contribution in [0.4, 0.5) is 0 Å². The first kappa shape index (κ1) is 17.2. The lowest BCUT2D eigenvalue weighted by atomic mass is 10.1. The molecule has 0 saturated heterocycles. The van der Waals surface area contributed by atoms with E-state index < -0.39 is 21.5 Å². The van der Waals surface area contributed by atoms with Crippen LogP contribution in [-0.2, 0) is 21.2 Å². The molecule has 0 aromatic heterocycles. The molecule has 6 heteroatoms. The summed E-state index contributed by atoms with van der Waals surface area (Å²) in [7, 11) is -1.81. The van der Waals surface area contributed by atoms with Crippen molar-refractivity contribution in [2.45, 2.75) is 20.4 Å². The highest BCUT2D eigenvalue weighted by atomic mass is 32.2. The van der Waals surface area contributed by atoms with Gasteiger partial charge in [-0.1, -0.05) is 26.0 Å². The highest BCUT2D eigenvalue weighted by Gasteiger charge is 2.20. The van der Waals surface area contributed by atoms with Crippen LogP contribution in [0, 0.1) is 17.2 Å². The number of carbonyl (C=O) groups excluding carboxylic acids is 1. The lowest BCUT2D eigenvalue weighted by Crippen LogP contribution is -2.33. The van der Waals surface area contributed by atoms with E-state index in [4.69, 9.17) is 5.26 Å². The highest BCUT2D eigenvalue weighted by Crippen LogP contribution is 2.08. The number of nitriles is 1. The third kappa shape index (κ3) is 5.96. The van der Waals surface area contributed by atoms with Gasteiger partial charge in [0.2, 0.25) is 5.91 Å². The lowest BCUT2D eigenvalue weighted by molar-refractivity contribution is -0.127. The van der Waals surface area contributed by atoms with Gasteiger partial charge >= 0.3 is 0 Å². The maximum absolute atomic E-state index is 12.0. The number of benzene rings is 1. The van der Waals surface area contributed by atoms with Crippen LogP contribution in [0.1, 0.15) is 25.0 Å². The summed E-state index contributed by atoms with van der Waals surface area (Å²) in [6.45, 7) is 3.89. The Kier molecular flexibility index (Phi) is 5.91. The molecule has 1 aromatic carbocycles. The van der Waals surface area contributed by atoms with Gasteiger partial charge in [-0.15, -0.1) is 0 Å². The van der Waals surface area contributed by atoms with Crippen molar-refractivity contribution in [2.75, 3.05) is 18.6 Å². The average Bonchev–Trinajstić information content (AvgIpc) is 2.36. The predicted molar refractivity (Wildman–Crippen MR) is 81.1 cm³/mol. The van der Waals surface area contributed by atoms with Crippen molar-refractivity contribution in [1.29, 1.82) is 5.26 Å². The van der Waals surface area contributed by atoms with E-state index in [9.17, 15) is 13.2 Å². The minimum absolute atomic E-state index is 0.000385. The molecular formula is C15H20N2O3S. The third-order valence-corrected chi connectivity index (χ3v) is 4.69. The number of carbonyl (C=O) groups is 1. The molecule has 0 aliphatic carbocycles. The Bertz CT molecular complexity index is 645. The van der Waals surface area contributed by atoms with Crippen LogP contribution in [0.25, 0.3) is 0 Å². The summed E-state index contributed by atoms with van der Waals surface area (Å²) < 4.78 is 23.6. The zero-order valence-electron chi connectivity index (χ0n) is 12.5. The predicted octanol–water partition coefficient (Wildman–Crippen LogP) is 1.59. The van der Waals surface area contributed by atoms with Crippen molar-refractivity contribution in [3.8, 4) is 6.07 Å². The van der Waals surface area contributed by atoms with E-state index in [1.807, 2.05) is 6.07 Å². The Morgan fingerprint density at radius 3 is 2.62 bits per heavy atom. The minimum atomic E-state index is -3.37. The molecule has 0 N–H and O–H groups in total. The molecule has 0 unspecified atom stereocenters. The smallest absolute Gasteiger partial charge is 0.237 e. The molecular weight excluding hydrogens is 288 g/mol. The first-order valence-electron chi connectivity index (χ1n) is 6.67. The van der Waals surface area contributed by atoms with Crippen molar-refractivity contribution in [2.24, 2.45) is 5.92 Å². The van der Waals surface area contributed by atoms with E-state index in [1.165, 1.54) is 4.90 Å². The summed E-state index contributed by atoms with van der Waals surface area (Å²) in [5.74, 6) is -0.894. The Balaban J connectivity index is 2.69. The van der Waals surface area contributed by atoms with Gasteiger partial charge in [0, 0.05) is 13.6 Å². The van der Waals surface area contributed by atoms with Gasteiger partial charge in [0.15, 0.2) is 9.84 Å². The molecule has 1 aromatic rings. The maximum Gasteiger partial charge on any atom is 0.237 e. The quantitative estimate of drug-likeness (QED) is 0.799. The molecule has 0 atom stereocenters. The van der Waals surface area contributed by atoms with Crippen molar-refractivity contribution in [1.82, 2.24) is 4.90 Å². The fraction of sp³-hybridized carbons (Fsp3) is 0.467. The zero-order chi connectivity index (χ0) is 16.0. The fourth-order valence-corrected chi connectivity index (χ4v) is 3.70. The normalized spacial score (nSPS) is 11.2. The first-order valence-corrected chi connectivity index (χ1v) is 8.49. The fourth-order valence-electron chi connectivity index (χ4n) is 1.97. The summed E-state index contributed by atoms with van der Waals surface area (Å²) in [6, 6.07) is 8.93. The number of hydrogen-bond donors (Lipinski definition) is 0. The molecule has 1 rings (SSSR count). The lowest BCUT2D eigenvalue weighted by Gasteiger charge is -2.18. The van der Waals surface area contributed by atoms with Gasteiger partial charge in [-0.25, -0.2) is 8.42 Å². The van der Waals surface area contributed by atoms with Crippen LogP contribution in [-0.4, -0.2) is 37.8 Å². The van der Waals surface area contributed by atoms with Gasteiger partial charge in [-0.05, 0) is 23.6 Å². The van der Waals surface area contributed by atoms with Crippen LogP contribution in [0.5, 0.6) is 0 Å². The molecule has 0 bridgehead atoms. The van der Waals surface area contributed by atoms with Crippen molar-refractivity contribution in [3.05, 3.63) is 35.4 Å². The Labute approximate surface area is 126 Å². The van der Waals surface area contributed by atoms with Crippen LogP contribution in [0.3, 0.4) is 0 Å². The number of sulfone groups is 1. The van der Waals surface area contributed by atoms with Gasteiger partial charge in [-0.3, -0.25) is 4.79 Å². The van der Waals surface area contributed by atoms with Gasteiger partial charge in [0.1, 0.15) is 5.75 Å². The number of nitrogens with zero attached hydrogens (tertiary/aromatic N) is 2. The summed E-state index contributed by atoms with van der Waals surface area (Å²) >= 11 is 0. The summed E-state index contributed by atoms with van der Waals surface area (Å²) in [6.07, 6.45) is 0. The van der Waals surface area contributed by atoms with E-state index in [-0.39, 0.29) is 18.2 Å². The average molecular weight is 308 g/mol. The Morgan fingerprint density at radius 1 is 1.38 bits per heavy atom. The molecule has 0 radical (unpaired) electrons. The largest absolute Gasteiger partial charge is 0.341 e. The van der Waals surface area contributed by atoms with Crippen LogP contribution in [0.2, 0.25) is 0 Å². The molecule has 0 aliphatic heterocycles. The second-order valence-electron chi connectivity index (χ2n) is 5.51. The standard InChI is InChI=1S/C15H20N2O3S/c1-12(2)10-21(19,20)11-15(18)17(3)9-14-6-4-5-13(7-14)8-16/h4-7,12H,9-11H2,1-3H3. The minimum Gasteiger partial charge on any atom is -0.341 e. The molecule has 0 saturated carbocycles. The van der Waals surface area contributed by atoms with Gasteiger partial charge in [-0.2, -0.15) is 5.26 Å². The summed E-state index contributed by atoms with van der Waals surface area (Å²) in [5, 5.41) is 8.83. The molecule has 1 amide bonds. The molecule has 0 aliphatic rings. The molecule has 5 nitrogen and oxygen atoms in total. The van der Waals surface area contributed by atoms with Gasteiger partial charge < -0.3 is 4.90 Å². The Hall–Kier alpha value is -1.87. The number of hydrogen-bond acceptors (Lipinski definition) is 4. The topological polar surface area (TPSA) is 78.2 Å². The monoisotopic (exact) mass is 308 g/mol. The molecule has 0 spiro atoms. The van der Waals surface area contributed by atoms with Crippen LogP contribution in [0.15, 0.2) is 24.3 Å². The van der Waals surface area contributed by atoms with Crippen molar-refractivity contribution >= 4 is 15.7 Å². The van der Waals surface area contributed by atoms with E-state index >= 15 is 0 Å². The highest BCUT2D eigenvalue weighted by molar-refractivity contribution is 7.92. The third-order valence-electron chi connectivity index (χ3n) is 2.83. The van der Waals surface area contributed by atoms with Crippen LogP contribution >= 0.6 is 0 Å². The van der Waals surface area contributed by atoms with Crippen molar-refractivity contribution in [3.63, 3.8) is 0 Å². The second-order valence-corrected chi connectivity index (χ2v) is 7.62. The Morgan fingerprint density at radius 2 is 2.05 bits per heavy atom.